The van der Waals surface area contributed by atoms with Gasteiger partial charge in [0.2, 0.25) is 0 Å². The number of non-ortho nitro benzene ring substituents is 1. The first kappa shape index (κ1) is 13.9. The third-order valence-corrected chi connectivity index (χ3v) is 3.54. The van der Waals surface area contributed by atoms with Gasteiger partial charge in [-0.2, -0.15) is 0 Å². The number of nitro benzene ring substituents is 1. The van der Waals surface area contributed by atoms with Gasteiger partial charge in [0, 0.05) is 17.7 Å². The van der Waals surface area contributed by atoms with Crippen molar-refractivity contribution >= 4 is 23.0 Å². The van der Waals surface area contributed by atoms with Crippen molar-refractivity contribution in [3.05, 3.63) is 69.8 Å². The minimum Gasteiger partial charge on any atom is -0.320 e. The van der Waals surface area contributed by atoms with Crippen LogP contribution in [-0.4, -0.2) is 16.5 Å². The summed E-state index contributed by atoms with van der Waals surface area (Å²) in [5.74, 6) is -0.335. The van der Waals surface area contributed by atoms with Crippen LogP contribution in [0.25, 0.3) is 0 Å². The third-order valence-electron chi connectivity index (χ3n) is 3.54. The van der Waals surface area contributed by atoms with E-state index in [9.17, 15) is 14.9 Å². The summed E-state index contributed by atoms with van der Waals surface area (Å²) in [5.41, 5.74) is 2.17. The maximum absolute atomic E-state index is 12.1. The Labute approximate surface area is 126 Å². The molecular weight excluding hydrogens is 282 g/mol. The Morgan fingerprint density at radius 3 is 2.59 bits per heavy atom. The number of carbonyl (C=O) groups is 1. The number of nitrogens with one attached hydrogen (secondary N) is 1. The Kier molecular flexibility index (Phi) is 3.42. The van der Waals surface area contributed by atoms with Crippen LogP contribution in [0.4, 0.5) is 11.4 Å². The molecule has 1 amide bonds. The second-order valence-electron chi connectivity index (χ2n) is 5.01. The van der Waals surface area contributed by atoms with Gasteiger partial charge < -0.3 is 5.32 Å². The predicted molar refractivity (Wildman–Crippen MR) is 83.1 cm³/mol. The zero-order valence-corrected chi connectivity index (χ0v) is 11.8. The van der Waals surface area contributed by atoms with Crippen molar-refractivity contribution in [3.63, 3.8) is 0 Å². The first-order valence-electron chi connectivity index (χ1n) is 6.79. The van der Waals surface area contributed by atoms with Crippen LogP contribution in [0.1, 0.15) is 24.1 Å². The van der Waals surface area contributed by atoms with E-state index in [1.54, 1.807) is 0 Å². The van der Waals surface area contributed by atoms with E-state index >= 15 is 0 Å². The Bertz CT molecular complexity index is 784. The summed E-state index contributed by atoms with van der Waals surface area (Å²) in [7, 11) is 0. The second kappa shape index (κ2) is 5.40. The minimum atomic E-state index is -0.485. The van der Waals surface area contributed by atoms with Crippen molar-refractivity contribution in [1.29, 1.82) is 0 Å². The standard InChI is InChI=1S/C16H13N3O3/c1-10(11-5-3-2-4-6-11)17-15-13-9-12(19(21)22)7-8-14(13)18-16(15)20/h2-10H,1H3,(H,17,18,20). The fourth-order valence-corrected chi connectivity index (χ4v) is 2.38. The number of carbonyl (C=O) groups excluding carboxylic acids is 1. The van der Waals surface area contributed by atoms with Crippen molar-refractivity contribution in [2.75, 3.05) is 5.32 Å². The summed E-state index contributed by atoms with van der Waals surface area (Å²) in [5, 5.41) is 13.6. The number of amides is 1. The number of hydrogen-bond acceptors (Lipinski definition) is 4. The largest absolute Gasteiger partial charge is 0.320 e. The van der Waals surface area contributed by atoms with Crippen LogP contribution in [0, 0.1) is 10.1 Å². The zero-order chi connectivity index (χ0) is 15.7. The highest BCUT2D eigenvalue weighted by Crippen LogP contribution is 2.29. The number of anilines is 1. The first-order valence-corrected chi connectivity index (χ1v) is 6.79. The lowest BCUT2D eigenvalue weighted by Gasteiger charge is -2.07. The van der Waals surface area contributed by atoms with Crippen molar-refractivity contribution in [3.8, 4) is 0 Å². The van der Waals surface area contributed by atoms with Gasteiger partial charge in [0.1, 0.15) is 5.71 Å². The van der Waals surface area contributed by atoms with E-state index in [4.69, 9.17) is 0 Å². The molecule has 6 nitrogen and oxygen atoms in total. The molecule has 1 aliphatic rings. The maximum Gasteiger partial charge on any atom is 0.274 e. The fraction of sp³-hybridized carbons (Fsp3) is 0.125. The normalized spacial score (nSPS) is 16.2. The number of nitrogens with zero attached hydrogens (tertiary/aromatic N) is 2. The highest BCUT2D eigenvalue weighted by molar-refractivity contribution is 6.53. The van der Waals surface area contributed by atoms with Crippen molar-refractivity contribution in [2.45, 2.75) is 13.0 Å². The van der Waals surface area contributed by atoms with Crippen molar-refractivity contribution in [1.82, 2.24) is 0 Å². The summed E-state index contributed by atoms with van der Waals surface area (Å²) < 4.78 is 0. The minimum absolute atomic E-state index is 0.0599. The number of aliphatic imine (C=N–C) groups is 1. The lowest BCUT2D eigenvalue weighted by molar-refractivity contribution is -0.384. The molecule has 22 heavy (non-hydrogen) atoms. The molecule has 1 heterocycles. The molecule has 0 fully saturated rings. The molecule has 1 atom stereocenters. The smallest absolute Gasteiger partial charge is 0.274 e. The average Bonchev–Trinajstić information content (AvgIpc) is 2.83. The van der Waals surface area contributed by atoms with Gasteiger partial charge in [-0.1, -0.05) is 30.3 Å². The molecule has 0 aromatic heterocycles. The van der Waals surface area contributed by atoms with E-state index in [0.29, 0.717) is 11.3 Å². The predicted octanol–water partition coefficient (Wildman–Crippen LogP) is 3.10. The molecule has 0 bridgehead atoms. The van der Waals surface area contributed by atoms with Gasteiger partial charge >= 0.3 is 0 Å². The lowest BCUT2D eigenvalue weighted by Crippen LogP contribution is -2.15. The number of hydrogen-bond donors (Lipinski definition) is 1. The maximum atomic E-state index is 12.1. The summed E-state index contributed by atoms with van der Waals surface area (Å²) in [6, 6.07) is 13.6. The van der Waals surface area contributed by atoms with Crippen LogP contribution < -0.4 is 5.32 Å². The number of fused-ring (bicyclic) bond motifs is 1. The molecule has 1 aliphatic heterocycles. The van der Waals surface area contributed by atoms with Gasteiger partial charge in [0.15, 0.2) is 0 Å². The zero-order valence-electron chi connectivity index (χ0n) is 11.8. The van der Waals surface area contributed by atoms with Crippen LogP contribution in [-0.2, 0) is 4.79 Å². The highest BCUT2D eigenvalue weighted by Gasteiger charge is 2.28. The van der Waals surface area contributed by atoms with Gasteiger partial charge in [0.05, 0.1) is 16.7 Å². The molecule has 0 aliphatic carbocycles. The molecule has 0 spiro atoms. The summed E-state index contributed by atoms with van der Waals surface area (Å²) in [6.07, 6.45) is 0. The van der Waals surface area contributed by atoms with Crippen molar-refractivity contribution < 1.29 is 9.72 Å². The monoisotopic (exact) mass is 295 g/mol. The molecule has 0 saturated heterocycles. The SMILES string of the molecule is CC(N=C1C(=O)Nc2ccc([N+](=O)[O-])cc21)c1ccccc1. The van der Waals surface area contributed by atoms with E-state index in [2.05, 4.69) is 10.3 Å². The van der Waals surface area contributed by atoms with Crippen LogP contribution in [0.15, 0.2) is 53.5 Å². The summed E-state index contributed by atoms with van der Waals surface area (Å²) >= 11 is 0. The van der Waals surface area contributed by atoms with Gasteiger partial charge in [0.25, 0.3) is 11.6 Å². The number of nitro groups is 1. The summed E-state index contributed by atoms with van der Waals surface area (Å²) in [6.45, 7) is 1.88. The van der Waals surface area contributed by atoms with Crippen LogP contribution in [0.5, 0.6) is 0 Å². The van der Waals surface area contributed by atoms with Crippen molar-refractivity contribution in [2.24, 2.45) is 4.99 Å². The van der Waals surface area contributed by atoms with E-state index in [-0.39, 0.29) is 23.3 Å². The lowest BCUT2D eigenvalue weighted by atomic mass is 10.1. The molecule has 110 valence electrons. The van der Waals surface area contributed by atoms with Gasteiger partial charge in [-0.15, -0.1) is 0 Å². The molecule has 6 heteroatoms. The molecule has 0 radical (unpaired) electrons. The second-order valence-corrected chi connectivity index (χ2v) is 5.01. The molecule has 0 saturated carbocycles. The van der Waals surface area contributed by atoms with E-state index in [1.807, 2.05) is 37.3 Å². The molecule has 3 rings (SSSR count). The molecule has 2 aromatic rings. The molecular formula is C16H13N3O3. The molecule has 1 N–H and O–H groups in total. The van der Waals surface area contributed by atoms with E-state index < -0.39 is 4.92 Å². The summed E-state index contributed by atoms with van der Waals surface area (Å²) in [4.78, 5) is 26.9. The number of benzene rings is 2. The van der Waals surface area contributed by atoms with Crippen LogP contribution >= 0.6 is 0 Å². The Balaban J connectivity index is 2.02. The molecule has 2 aromatic carbocycles. The van der Waals surface area contributed by atoms with Gasteiger partial charge in [-0.3, -0.25) is 19.9 Å². The average molecular weight is 295 g/mol. The number of rotatable bonds is 3. The topological polar surface area (TPSA) is 84.6 Å². The Hall–Kier alpha value is -3.02. The van der Waals surface area contributed by atoms with Gasteiger partial charge in [-0.05, 0) is 18.6 Å². The fourth-order valence-electron chi connectivity index (χ4n) is 2.38. The molecule has 1 unspecified atom stereocenters. The van der Waals surface area contributed by atoms with Gasteiger partial charge in [-0.25, -0.2) is 0 Å². The third kappa shape index (κ3) is 2.46. The quantitative estimate of drug-likeness (QED) is 0.697. The van der Waals surface area contributed by atoms with Crippen LogP contribution in [0.2, 0.25) is 0 Å². The highest BCUT2D eigenvalue weighted by atomic mass is 16.6. The Morgan fingerprint density at radius 2 is 1.91 bits per heavy atom. The van der Waals surface area contributed by atoms with E-state index in [0.717, 1.165) is 5.56 Å². The Morgan fingerprint density at radius 1 is 1.18 bits per heavy atom. The van der Waals surface area contributed by atoms with Crippen LogP contribution in [0.3, 0.4) is 0 Å². The first-order chi connectivity index (χ1) is 10.6. The van der Waals surface area contributed by atoms with E-state index in [1.165, 1.54) is 18.2 Å².